The Morgan fingerprint density at radius 1 is 1.17 bits per heavy atom. The molecule has 1 aliphatic rings. The quantitative estimate of drug-likeness (QED) is 0.645. The Bertz CT molecular complexity index is 901. The van der Waals surface area contributed by atoms with Gasteiger partial charge in [-0.25, -0.2) is 4.98 Å². The first kappa shape index (κ1) is 15.0. The second-order valence-corrected chi connectivity index (χ2v) is 7.03. The lowest BCUT2D eigenvalue weighted by Gasteiger charge is -2.13. The van der Waals surface area contributed by atoms with Gasteiger partial charge in [-0.15, -0.1) is 11.3 Å². The van der Waals surface area contributed by atoms with Crippen LogP contribution in [0.3, 0.4) is 0 Å². The van der Waals surface area contributed by atoms with E-state index in [1.54, 1.807) is 11.3 Å². The summed E-state index contributed by atoms with van der Waals surface area (Å²) in [5.41, 5.74) is 5.12. The van der Waals surface area contributed by atoms with E-state index in [0.717, 1.165) is 21.8 Å². The predicted octanol–water partition coefficient (Wildman–Crippen LogP) is 5.40. The van der Waals surface area contributed by atoms with E-state index >= 15 is 0 Å². The highest BCUT2D eigenvalue weighted by atomic mass is 32.1. The van der Waals surface area contributed by atoms with Gasteiger partial charge in [-0.1, -0.05) is 25.0 Å². The van der Waals surface area contributed by atoms with Crippen LogP contribution in [-0.2, 0) is 0 Å². The molecular weight excluding hydrogens is 314 g/mol. The van der Waals surface area contributed by atoms with Gasteiger partial charge in [0.05, 0.1) is 17.3 Å². The number of thiazole rings is 1. The van der Waals surface area contributed by atoms with Crippen LogP contribution < -0.4 is 0 Å². The minimum atomic E-state index is 0.636. The normalized spacial score (nSPS) is 14.6. The first-order valence-corrected chi connectivity index (χ1v) is 9.13. The third-order valence-corrected chi connectivity index (χ3v) is 5.55. The van der Waals surface area contributed by atoms with Crippen molar-refractivity contribution >= 4 is 11.3 Å². The van der Waals surface area contributed by atoms with Gasteiger partial charge in [-0.3, -0.25) is 4.98 Å². The highest BCUT2D eigenvalue weighted by molar-refractivity contribution is 7.13. The van der Waals surface area contributed by atoms with Crippen molar-refractivity contribution in [3.8, 4) is 27.9 Å². The number of aromatic nitrogens is 2. The molecule has 3 nitrogen and oxygen atoms in total. The summed E-state index contributed by atoms with van der Waals surface area (Å²) in [4.78, 5) is 9.15. The average Bonchev–Trinajstić information content (AvgIpc) is 3.33. The SMILES string of the molecule is N#Cc1cccc(-c2csc(-c3cnccc3C3CCCC3)n2)c1. The van der Waals surface area contributed by atoms with E-state index in [4.69, 9.17) is 10.2 Å². The van der Waals surface area contributed by atoms with Gasteiger partial charge in [0.15, 0.2) is 0 Å². The molecular formula is C20H17N3S. The van der Waals surface area contributed by atoms with E-state index in [2.05, 4.69) is 22.5 Å². The van der Waals surface area contributed by atoms with Crippen molar-refractivity contribution in [2.45, 2.75) is 31.6 Å². The molecule has 4 rings (SSSR count). The van der Waals surface area contributed by atoms with E-state index in [1.807, 2.05) is 36.7 Å². The lowest BCUT2D eigenvalue weighted by Crippen LogP contribution is -1.96. The highest BCUT2D eigenvalue weighted by Crippen LogP contribution is 2.40. The fraction of sp³-hybridized carbons (Fsp3) is 0.250. The molecule has 1 aromatic carbocycles. The Balaban J connectivity index is 1.72. The van der Waals surface area contributed by atoms with Crippen molar-refractivity contribution in [2.75, 3.05) is 0 Å². The van der Waals surface area contributed by atoms with Crippen LogP contribution in [0.4, 0.5) is 0 Å². The fourth-order valence-electron chi connectivity index (χ4n) is 3.45. The van der Waals surface area contributed by atoms with Crippen LogP contribution in [0, 0.1) is 11.3 Å². The third-order valence-electron chi connectivity index (χ3n) is 4.67. The van der Waals surface area contributed by atoms with Crippen LogP contribution in [0.2, 0.25) is 0 Å². The fourth-order valence-corrected chi connectivity index (χ4v) is 4.32. The molecule has 1 aliphatic carbocycles. The molecule has 3 aromatic rings. The van der Waals surface area contributed by atoms with Gasteiger partial charge >= 0.3 is 0 Å². The lowest BCUT2D eigenvalue weighted by molar-refractivity contribution is 0.723. The highest BCUT2D eigenvalue weighted by Gasteiger charge is 2.21. The molecule has 4 heteroatoms. The number of hydrogen-bond donors (Lipinski definition) is 0. The summed E-state index contributed by atoms with van der Waals surface area (Å²) in [5, 5.41) is 12.2. The molecule has 24 heavy (non-hydrogen) atoms. The molecule has 0 unspecified atom stereocenters. The van der Waals surface area contributed by atoms with Crippen LogP contribution in [0.5, 0.6) is 0 Å². The van der Waals surface area contributed by atoms with Crippen molar-refractivity contribution in [3.05, 3.63) is 59.2 Å². The maximum atomic E-state index is 9.07. The minimum absolute atomic E-state index is 0.636. The molecule has 0 amide bonds. The Kier molecular flexibility index (Phi) is 4.10. The van der Waals surface area contributed by atoms with Crippen molar-refractivity contribution in [1.82, 2.24) is 9.97 Å². The molecule has 0 saturated heterocycles. The molecule has 0 aliphatic heterocycles. The minimum Gasteiger partial charge on any atom is -0.264 e. The van der Waals surface area contributed by atoms with Gasteiger partial charge in [0.2, 0.25) is 0 Å². The van der Waals surface area contributed by atoms with E-state index < -0.39 is 0 Å². The zero-order valence-corrected chi connectivity index (χ0v) is 14.1. The van der Waals surface area contributed by atoms with E-state index in [1.165, 1.54) is 31.2 Å². The molecule has 1 fully saturated rings. The van der Waals surface area contributed by atoms with Crippen molar-refractivity contribution < 1.29 is 0 Å². The summed E-state index contributed by atoms with van der Waals surface area (Å²) in [5.74, 6) is 0.636. The van der Waals surface area contributed by atoms with E-state index in [9.17, 15) is 0 Å². The monoisotopic (exact) mass is 331 g/mol. The largest absolute Gasteiger partial charge is 0.264 e. The molecule has 118 valence electrons. The van der Waals surface area contributed by atoms with E-state index in [-0.39, 0.29) is 0 Å². The number of hydrogen-bond acceptors (Lipinski definition) is 4. The number of rotatable bonds is 3. The van der Waals surface area contributed by atoms with Crippen molar-refractivity contribution in [1.29, 1.82) is 5.26 Å². The lowest BCUT2D eigenvalue weighted by atomic mass is 9.94. The molecule has 0 bridgehead atoms. The Morgan fingerprint density at radius 3 is 2.88 bits per heavy atom. The average molecular weight is 331 g/mol. The summed E-state index contributed by atoms with van der Waals surface area (Å²) in [6.07, 6.45) is 9.00. The molecule has 0 N–H and O–H groups in total. The summed E-state index contributed by atoms with van der Waals surface area (Å²) < 4.78 is 0. The summed E-state index contributed by atoms with van der Waals surface area (Å²) in [6.45, 7) is 0. The van der Waals surface area contributed by atoms with Gasteiger partial charge in [0.25, 0.3) is 0 Å². The topological polar surface area (TPSA) is 49.6 Å². The van der Waals surface area contributed by atoms with Crippen molar-refractivity contribution in [2.24, 2.45) is 0 Å². The Hall–Kier alpha value is -2.51. The van der Waals surface area contributed by atoms with Crippen LogP contribution in [0.1, 0.15) is 42.7 Å². The maximum Gasteiger partial charge on any atom is 0.125 e. The second-order valence-electron chi connectivity index (χ2n) is 6.17. The van der Waals surface area contributed by atoms with Crippen molar-refractivity contribution in [3.63, 3.8) is 0 Å². The smallest absolute Gasteiger partial charge is 0.125 e. The van der Waals surface area contributed by atoms with Gasteiger partial charge in [-0.2, -0.15) is 5.26 Å². The number of nitrogens with zero attached hydrogens (tertiary/aromatic N) is 3. The van der Waals surface area contributed by atoms with Gasteiger partial charge < -0.3 is 0 Å². The standard InChI is InChI=1S/C20H17N3S/c21-11-14-4-3-7-16(10-14)19-13-24-20(23-19)18-12-22-9-8-17(18)15-5-1-2-6-15/h3-4,7-10,12-13,15H,1-2,5-6H2. The van der Waals surface area contributed by atoms with E-state index in [0.29, 0.717) is 11.5 Å². The predicted molar refractivity (Wildman–Crippen MR) is 96.7 cm³/mol. The molecule has 2 aromatic heterocycles. The maximum absolute atomic E-state index is 9.07. The van der Waals surface area contributed by atoms with Crippen LogP contribution in [-0.4, -0.2) is 9.97 Å². The second kappa shape index (κ2) is 6.54. The zero-order valence-electron chi connectivity index (χ0n) is 13.3. The molecule has 0 spiro atoms. The first-order chi connectivity index (χ1) is 11.8. The zero-order chi connectivity index (χ0) is 16.4. The third kappa shape index (κ3) is 2.83. The van der Waals surface area contributed by atoms with Crippen LogP contribution >= 0.6 is 11.3 Å². The van der Waals surface area contributed by atoms with Crippen LogP contribution in [0.25, 0.3) is 21.8 Å². The summed E-state index contributed by atoms with van der Waals surface area (Å²) in [7, 11) is 0. The van der Waals surface area contributed by atoms with Gasteiger partial charge in [0.1, 0.15) is 5.01 Å². The molecule has 2 heterocycles. The number of benzene rings is 1. The Labute approximate surface area is 145 Å². The molecule has 0 radical (unpaired) electrons. The van der Waals surface area contributed by atoms with Crippen LogP contribution in [0.15, 0.2) is 48.1 Å². The number of nitriles is 1. The van der Waals surface area contributed by atoms with Gasteiger partial charge in [-0.05, 0) is 42.5 Å². The van der Waals surface area contributed by atoms with Gasteiger partial charge in [0, 0.05) is 28.9 Å². The Morgan fingerprint density at radius 2 is 2.04 bits per heavy atom. The summed E-state index contributed by atoms with van der Waals surface area (Å²) in [6, 6.07) is 12.0. The first-order valence-electron chi connectivity index (χ1n) is 8.25. The molecule has 0 atom stereocenters. The molecule has 1 saturated carbocycles. The number of pyridine rings is 1. The summed E-state index contributed by atoms with van der Waals surface area (Å²) >= 11 is 1.65.